The molecule has 0 N–H and O–H groups in total. The van der Waals surface area contributed by atoms with E-state index in [0.717, 1.165) is 22.7 Å². The molecule has 9 heteroatoms. The SMILES string of the molecule is CC1(C)COP(N(c2ccc(C(C)(C)c3ccccc3)cc2)c2ccc(C(C)(C)c3ccc(-c4ccc(C(C)(C)c5ccc(N(c6ccc(C(C)(C)c7ccccc7)cc6)P6(=S)OCC(C)(C)CO6)cc5)cc4)cc3)cc2)OC1. The molecule has 6 nitrogen and oxygen atoms in total. The number of hydrogen-bond donors (Lipinski definition) is 0. The highest BCUT2D eigenvalue weighted by Crippen LogP contribution is 2.62. The Morgan fingerprint density at radius 1 is 0.354 bits per heavy atom. The largest absolute Gasteiger partial charge is 0.317 e. The Labute approximate surface area is 478 Å². The van der Waals surface area contributed by atoms with E-state index in [1.165, 1.54) is 55.6 Å². The van der Waals surface area contributed by atoms with Crippen LogP contribution in [0.25, 0.3) is 11.1 Å². The normalized spacial score (nSPS) is 16.8. The van der Waals surface area contributed by atoms with E-state index in [1.807, 2.05) is 0 Å². The van der Waals surface area contributed by atoms with Gasteiger partial charge in [0.05, 0.1) is 26.4 Å². The summed E-state index contributed by atoms with van der Waals surface area (Å²) in [5.74, 6) is 0. The molecule has 2 saturated heterocycles. The van der Waals surface area contributed by atoms with Gasteiger partial charge in [-0.1, -0.05) is 241 Å². The summed E-state index contributed by atoms with van der Waals surface area (Å²) in [6.45, 7) is 26.5. The molecule has 8 aromatic rings. The molecule has 8 aromatic carbocycles. The van der Waals surface area contributed by atoms with E-state index in [9.17, 15) is 0 Å². The molecule has 0 aliphatic carbocycles. The Bertz CT molecular complexity index is 3370. The average molecular weight is 1110 g/mol. The maximum atomic E-state index is 6.56. The molecule has 408 valence electrons. The van der Waals surface area contributed by atoms with Crippen LogP contribution in [0.1, 0.15) is 128 Å². The Kier molecular flexibility index (Phi) is 15.7. The predicted octanol–water partition coefficient (Wildman–Crippen LogP) is 19.5. The van der Waals surface area contributed by atoms with Gasteiger partial charge in [-0.15, -0.1) is 0 Å². The topological polar surface area (TPSA) is 43.4 Å². The summed E-state index contributed by atoms with van der Waals surface area (Å²) in [6, 6.07) is 75.0. The second-order valence-corrected chi connectivity index (χ2v) is 30.0. The lowest BCUT2D eigenvalue weighted by Crippen LogP contribution is -2.33. The van der Waals surface area contributed by atoms with Gasteiger partial charge in [0.1, 0.15) is 0 Å². The van der Waals surface area contributed by atoms with E-state index in [0.29, 0.717) is 26.4 Å². The summed E-state index contributed by atoms with van der Waals surface area (Å²) >= 11 is 6.36. The molecule has 0 atom stereocenters. The van der Waals surface area contributed by atoms with Crippen LogP contribution < -0.4 is 9.34 Å². The summed E-state index contributed by atoms with van der Waals surface area (Å²) in [7, 11) is -1.36. The molecule has 2 aliphatic rings. The van der Waals surface area contributed by atoms with Crippen molar-refractivity contribution in [3.05, 3.63) is 251 Å². The fraction of sp³-hybridized carbons (Fsp3) is 0.314. The van der Waals surface area contributed by atoms with Crippen molar-refractivity contribution in [2.75, 3.05) is 35.8 Å². The van der Waals surface area contributed by atoms with Crippen molar-refractivity contribution in [3.8, 4) is 11.1 Å². The smallest absolute Gasteiger partial charge is 0.294 e. The molecule has 2 fully saturated rings. The van der Waals surface area contributed by atoms with Crippen LogP contribution >= 0.6 is 15.2 Å². The third-order valence-electron chi connectivity index (χ3n) is 16.6. The highest BCUT2D eigenvalue weighted by Gasteiger charge is 2.40. The summed E-state index contributed by atoms with van der Waals surface area (Å²) in [5.41, 5.74) is 15.4. The molecule has 79 heavy (non-hydrogen) atoms. The van der Waals surface area contributed by atoms with Crippen LogP contribution in [0.4, 0.5) is 22.7 Å². The van der Waals surface area contributed by atoms with E-state index in [4.69, 9.17) is 29.9 Å². The van der Waals surface area contributed by atoms with Gasteiger partial charge in [0.15, 0.2) is 0 Å². The third kappa shape index (κ3) is 11.8. The van der Waals surface area contributed by atoms with Crippen LogP contribution in [0.2, 0.25) is 0 Å². The quantitative estimate of drug-likeness (QED) is 0.0948. The monoisotopic (exact) mass is 1100 g/mol. The molecule has 2 aliphatic heterocycles. The van der Waals surface area contributed by atoms with Gasteiger partial charge in [0.25, 0.3) is 15.2 Å². The lowest BCUT2D eigenvalue weighted by Gasteiger charge is -2.42. The van der Waals surface area contributed by atoms with Gasteiger partial charge >= 0.3 is 0 Å². The molecular weight excluding hydrogens is 1030 g/mol. The minimum atomic E-state index is -2.92. The Morgan fingerprint density at radius 2 is 0.608 bits per heavy atom. The minimum Gasteiger partial charge on any atom is -0.317 e. The molecule has 0 aromatic heterocycles. The van der Waals surface area contributed by atoms with Gasteiger partial charge in [-0.05, 0) is 116 Å². The maximum Gasteiger partial charge on any atom is 0.294 e. The molecule has 2 heterocycles. The average Bonchev–Trinajstić information content (AvgIpc) is 3.46. The van der Waals surface area contributed by atoms with Crippen molar-refractivity contribution in [2.45, 2.75) is 105 Å². The number of benzene rings is 8. The molecular formula is C70H78N2O4P2S. The molecule has 0 amide bonds. The number of rotatable bonds is 15. The number of hydrogen-bond acceptors (Lipinski definition) is 6. The van der Waals surface area contributed by atoms with E-state index in [1.54, 1.807) is 0 Å². The zero-order chi connectivity index (χ0) is 56.0. The molecule has 0 bridgehead atoms. The van der Waals surface area contributed by atoms with E-state index in [2.05, 4.69) is 299 Å². The number of nitrogens with zero attached hydrogens (tertiary/aromatic N) is 2. The molecule has 0 radical (unpaired) electrons. The highest BCUT2D eigenvalue weighted by atomic mass is 32.5. The Balaban J connectivity index is 0.845. The first-order valence-corrected chi connectivity index (χ1v) is 31.5. The predicted molar refractivity (Wildman–Crippen MR) is 336 cm³/mol. The van der Waals surface area contributed by atoms with Crippen molar-refractivity contribution in [1.29, 1.82) is 0 Å². The fourth-order valence-electron chi connectivity index (χ4n) is 10.7. The Hall–Kier alpha value is -5.72. The van der Waals surface area contributed by atoms with Crippen molar-refractivity contribution < 1.29 is 18.1 Å². The van der Waals surface area contributed by atoms with Crippen LogP contribution in [0, 0.1) is 10.8 Å². The highest BCUT2D eigenvalue weighted by molar-refractivity contribution is 8.10. The fourth-order valence-corrected chi connectivity index (χ4v) is 15.7. The summed E-state index contributed by atoms with van der Waals surface area (Å²) in [5, 5.41) is 0. The van der Waals surface area contributed by atoms with Gasteiger partial charge in [-0.3, -0.25) is 9.34 Å². The molecule has 10 rings (SSSR count). The van der Waals surface area contributed by atoms with E-state index in [-0.39, 0.29) is 32.5 Å². The second-order valence-electron chi connectivity index (χ2n) is 25.3. The van der Waals surface area contributed by atoms with Crippen LogP contribution in [0.3, 0.4) is 0 Å². The van der Waals surface area contributed by atoms with Crippen molar-refractivity contribution in [2.24, 2.45) is 10.8 Å². The van der Waals surface area contributed by atoms with Crippen molar-refractivity contribution >= 4 is 49.7 Å². The second kappa shape index (κ2) is 22.0. The first-order valence-electron chi connectivity index (χ1n) is 27.8. The zero-order valence-corrected chi connectivity index (χ0v) is 50.9. The van der Waals surface area contributed by atoms with E-state index >= 15 is 0 Å². The lowest BCUT2D eigenvalue weighted by molar-refractivity contribution is 0.0602. The van der Waals surface area contributed by atoms with Crippen LogP contribution in [-0.2, 0) is 51.6 Å². The van der Waals surface area contributed by atoms with Gasteiger partial charge in [-0.25, -0.2) is 0 Å². The van der Waals surface area contributed by atoms with Crippen molar-refractivity contribution in [1.82, 2.24) is 0 Å². The Morgan fingerprint density at radius 3 is 0.911 bits per heavy atom. The first-order chi connectivity index (χ1) is 37.5. The van der Waals surface area contributed by atoms with Crippen LogP contribution in [-0.4, -0.2) is 26.4 Å². The molecule has 0 unspecified atom stereocenters. The van der Waals surface area contributed by atoms with Gasteiger partial charge in [0.2, 0.25) is 0 Å². The van der Waals surface area contributed by atoms with E-state index < -0.39 is 15.2 Å². The molecule has 0 saturated carbocycles. The maximum absolute atomic E-state index is 6.56. The van der Waals surface area contributed by atoms with Gasteiger partial charge < -0.3 is 18.1 Å². The van der Waals surface area contributed by atoms with Gasteiger partial charge in [0, 0.05) is 55.2 Å². The standard InChI is InChI=1S/C70H78N2O4P2S/c1-65(2)47-73-77(74-48-65)71(61-39-31-57(32-40-61)67(5,6)53-19-15-13-16-20-53)62-41-33-58(34-42-62)69(9,10)55-27-23-51(24-28-55)52-25-29-56(30-26-52)70(11,12)60-37-45-64(46-38-60)72(78(79)75-49-66(3,4)50-76-78)63-43-35-59(36-44-63)68(7,8)54-21-17-14-18-22-54/h13-46H,47-50H2,1-12H3. The molecule has 0 spiro atoms. The minimum absolute atomic E-state index is 0.0376. The summed E-state index contributed by atoms with van der Waals surface area (Å²) < 4.78 is 30.5. The first kappa shape index (κ1) is 56.6. The van der Waals surface area contributed by atoms with Crippen LogP contribution in [0.5, 0.6) is 0 Å². The van der Waals surface area contributed by atoms with Crippen LogP contribution in [0.15, 0.2) is 206 Å². The van der Waals surface area contributed by atoms with Crippen molar-refractivity contribution in [3.63, 3.8) is 0 Å². The summed E-state index contributed by atoms with van der Waals surface area (Å²) in [4.78, 5) is 0. The van der Waals surface area contributed by atoms with Gasteiger partial charge in [-0.2, -0.15) is 0 Å². The zero-order valence-electron chi connectivity index (χ0n) is 48.3. The summed E-state index contributed by atoms with van der Waals surface area (Å²) in [6.07, 6.45) is 0. The third-order valence-corrected chi connectivity index (χ3v) is 21.1. The number of anilines is 4. The lowest BCUT2D eigenvalue weighted by atomic mass is 9.77.